The Bertz CT molecular complexity index is 646. The smallest absolute Gasteiger partial charge is 0.249 e. The Morgan fingerprint density at radius 1 is 1.21 bits per heavy atom. The van der Waals surface area contributed by atoms with E-state index < -0.39 is 0 Å². The Labute approximate surface area is 143 Å². The fraction of sp³-hybridized carbons (Fsp3) is 0.500. The lowest BCUT2D eigenvalue weighted by atomic mass is 10.0. The molecule has 6 heteroatoms. The van der Waals surface area contributed by atoms with Crippen LogP contribution in [0.15, 0.2) is 30.5 Å². The van der Waals surface area contributed by atoms with Gasteiger partial charge in [0.2, 0.25) is 5.95 Å². The molecule has 1 fully saturated rings. The van der Waals surface area contributed by atoms with Crippen molar-refractivity contribution in [2.45, 2.75) is 45.6 Å². The van der Waals surface area contributed by atoms with Gasteiger partial charge in [-0.1, -0.05) is 6.92 Å². The molecule has 0 amide bonds. The maximum absolute atomic E-state index is 5.46. The molecule has 2 aromatic rings. The molecule has 3 rings (SSSR count). The van der Waals surface area contributed by atoms with Crippen molar-refractivity contribution in [3.63, 3.8) is 0 Å². The Morgan fingerprint density at radius 3 is 2.79 bits per heavy atom. The number of benzene rings is 1. The molecule has 0 bridgehead atoms. The standard InChI is InChI=1S/C18H25N5O/c1-3-15-7-5-6-12-23(15)17-13-19-22-18(21-17)20-14-8-10-16(11-9-14)24-4-2/h8-11,13,15H,3-7,12H2,1-2H3,(H,20,21,22). The lowest BCUT2D eigenvalue weighted by molar-refractivity contribution is 0.340. The fourth-order valence-corrected chi connectivity index (χ4v) is 3.14. The maximum Gasteiger partial charge on any atom is 0.249 e. The van der Waals surface area contributed by atoms with E-state index in [-0.39, 0.29) is 0 Å². The molecule has 1 aliphatic heterocycles. The first kappa shape index (κ1) is 16.5. The number of hydrogen-bond donors (Lipinski definition) is 1. The van der Waals surface area contributed by atoms with Crippen molar-refractivity contribution < 1.29 is 4.74 Å². The number of piperidine rings is 1. The van der Waals surface area contributed by atoms with Crippen LogP contribution < -0.4 is 15.0 Å². The highest BCUT2D eigenvalue weighted by molar-refractivity contribution is 5.55. The van der Waals surface area contributed by atoms with E-state index in [0.29, 0.717) is 18.6 Å². The Balaban J connectivity index is 1.72. The lowest BCUT2D eigenvalue weighted by Crippen LogP contribution is -2.39. The zero-order valence-corrected chi connectivity index (χ0v) is 14.4. The van der Waals surface area contributed by atoms with Crippen molar-refractivity contribution in [1.82, 2.24) is 15.2 Å². The number of rotatable bonds is 6. The average molecular weight is 327 g/mol. The van der Waals surface area contributed by atoms with Gasteiger partial charge in [-0.05, 0) is 56.9 Å². The van der Waals surface area contributed by atoms with Crippen LogP contribution in [-0.2, 0) is 0 Å². The maximum atomic E-state index is 5.46. The summed E-state index contributed by atoms with van der Waals surface area (Å²) >= 11 is 0. The normalized spacial score (nSPS) is 17.6. The monoisotopic (exact) mass is 327 g/mol. The summed E-state index contributed by atoms with van der Waals surface area (Å²) in [4.78, 5) is 7.02. The van der Waals surface area contributed by atoms with Crippen molar-refractivity contribution in [3.8, 4) is 5.75 Å². The van der Waals surface area contributed by atoms with Gasteiger partial charge in [0.05, 0.1) is 12.8 Å². The van der Waals surface area contributed by atoms with E-state index in [1.54, 1.807) is 6.20 Å². The zero-order valence-electron chi connectivity index (χ0n) is 14.4. The lowest BCUT2D eigenvalue weighted by Gasteiger charge is -2.35. The molecule has 1 aromatic heterocycles. The highest BCUT2D eigenvalue weighted by Gasteiger charge is 2.22. The summed E-state index contributed by atoms with van der Waals surface area (Å²) in [5.41, 5.74) is 0.920. The van der Waals surface area contributed by atoms with Gasteiger partial charge in [-0.3, -0.25) is 0 Å². The molecular weight excluding hydrogens is 302 g/mol. The first-order valence-electron chi connectivity index (χ1n) is 8.76. The molecule has 2 heterocycles. The molecule has 6 nitrogen and oxygen atoms in total. The van der Waals surface area contributed by atoms with Gasteiger partial charge in [0, 0.05) is 18.3 Å². The third kappa shape index (κ3) is 3.93. The Morgan fingerprint density at radius 2 is 2.04 bits per heavy atom. The van der Waals surface area contributed by atoms with E-state index in [1.165, 1.54) is 19.3 Å². The summed E-state index contributed by atoms with van der Waals surface area (Å²) in [6.45, 7) is 5.91. The molecular formula is C18H25N5O. The van der Waals surface area contributed by atoms with Crippen molar-refractivity contribution in [1.29, 1.82) is 0 Å². The van der Waals surface area contributed by atoms with Crippen LogP contribution >= 0.6 is 0 Å². The van der Waals surface area contributed by atoms with E-state index in [4.69, 9.17) is 4.74 Å². The number of ether oxygens (including phenoxy) is 1. The molecule has 0 aliphatic carbocycles. The van der Waals surface area contributed by atoms with Crippen LogP contribution in [0.3, 0.4) is 0 Å². The van der Waals surface area contributed by atoms with Gasteiger partial charge in [0.15, 0.2) is 5.82 Å². The first-order valence-corrected chi connectivity index (χ1v) is 8.76. The molecule has 0 radical (unpaired) electrons. The minimum atomic E-state index is 0.525. The van der Waals surface area contributed by atoms with Gasteiger partial charge in [0.25, 0.3) is 0 Å². The highest BCUT2D eigenvalue weighted by atomic mass is 16.5. The number of nitrogens with one attached hydrogen (secondary N) is 1. The second-order valence-electron chi connectivity index (χ2n) is 5.97. The van der Waals surface area contributed by atoms with Gasteiger partial charge in [0.1, 0.15) is 5.75 Å². The third-order valence-electron chi connectivity index (χ3n) is 4.36. The Kier molecular flexibility index (Phi) is 5.46. The van der Waals surface area contributed by atoms with Gasteiger partial charge in [-0.15, -0.1) is 5.10 Å². The predicted molar refractivity (Wildman–Crippen MR) is 96.0 cm³/mol. The highest BCUT2D eigenvalue weighted by Crippen LogP contribution is 2.25. The quantitative estimate of drug-likeness (QED) is 0.871. The van der Waals surface area contributed by atoms with Gasteiger partial charge >= 0.3 is 0 Å². The van der Waals surface area contributed by atoms with Gasteiger partial charge in [-0.2, -0.15) is 10.1 Å². The number of anilines is 3. The van der Waals surface area contributed by atoms with E-state index >= 15 is 0 Å². The van der Waals surface area contributed by atoms with E-state index in [9.17, 15) is 0 Å². The average Bonchev–Trinajstić information content (AvgIpc) is 2.64. The minimum absolute atomic E-state index is 0.525. The Hall–Kier alpha value is -2.37. The van der Waals surface area contributed by atoms with Crippen LogP contribution in [0.25, 0.3) is 0 Å². The van der Waals surface area contributed by atoms with Crippen molar-refractivity contribution in [3.05, 3.63) is 30.5 Å². The summed E-state index contributed by atoms with van der Waals surface area (Å²) in [5, 5.41) is 11.5. The van der Waals surface area contributed by atoms with Crippen LogP contribution in [0.1, 0.15) is 39.5 Å². The van der Waals surface area contributed by atoms with Crippen molar-refractivity contribution >= 4 is 17.5 Å². The topological polar surface area (TPSA) is 63.2 Å². The predicted octanol–water partition coefficient (Wildman–Crippen LogP) is 3.78. The molecule has 1 saturated heterocycles. The fourth-order valence-electron chi connectivity index (χ4n) is 3.14. The largest absolute Gasteiger partial charge is 0.494 e. The van der Waals surface area contributed by atoms with Crippen molar-refractivity contribution in [2.75, 3.05) is 23.4 Å². The summed E-state index contributed by atoms with van der Waals surface area (Å²) in [6, 6.07) is 8.32. The summed E-state index contributed by atoms with van der Waals surface area (Å²) < 4.78 is 5.46. The summed E-state index contributed by atoms with van der Waals surface area (Å²) in [7, 11) is 0. The molecule has 1 N–H and O–H groups in total. The number of nitrogens with zero attached hydrogens (tertiary/aromatic N) is 4. The molecule has 0 spiro atoms. The summed E-state index contributed by atoms with van der Waals surface area (Å²) in [6.07, 6.45) is 6.62. The van der Waals surface area contributed by atoms with Crippen LogP contribution in [0.5, 0.6) is 5.75 Å². The number of aromatic nitrogens is 3. The zero-order chi connectivity index (χ0) is 16.8. The van der Waals surface area contributed by atoms with E-state index in [1.807, 2.05) is 31.2 Å². The van der Waals surface area contributed by atoms with Crippen LogP contribution in [0.2, 0.25) is 0 Å². The third-order valence-corrected chi connectivity index (χ3v) is 4.36. The molecule has 0 saturated carbocycles. The van der Waals surface area contributed by atoms with Gasteiger partial charge in [-0.25, -0.2) is 0 Å². The molecule has 1 aliphatic rings. The first-order chi connectivity index (χ1) is 11.8. The second-order valence-corrected chi connectivity index (χ2v) is 5.97. The van der Waals surface area contributed by atoms with Crippen LogP contribution in [0, 0.1) is 0 Å². The van der Waals surface area contributed by atoms with E-state index in [2.05, 4.69) is 32.3 Å². The molecule has 1 atom stereocenters. The van der Waals surface area contributed by atoms with Crippen molar-refractivity contribution in [2.24, 2.45) is 0 Å². The van der Waals surface area contributed by atoms with Gasteiger partial charge < -0.3 is 15.0 Å². The molecule has 128 valence electrons. The molecule has 1 aromatic carbocycles. The van der Waals surface area contributed by atoms with Crippen LogP contribution in [0.4, 0.5) is 17.5 Å². The minimum Gasteiger partial charge on any atom is -0.494 e. The molecule has 1 unspecified atom stereocenters. The molecule has 24 heavy (non-hydrogen) atoms. The number of hydrogen-bond acceptors (Lipinski definition) is 6. The van der Waals surface area contributed by atoms with E-state index in [0.717, 1.165) is 30.2 Å². The van der Waals surface area contributed by atoms with Crippen LogP contribution in [-0.4, -0.2) is 34.4 Å². The second kappa shape index (κ2) is 7.95. The summed E-state index contributed by atoms with van der Waals surface area (Å²) in [5.74, 6) is 2.29. The SMILES string of the molecule is CCOc1ccc(Nc2nncc(N3CCCCC3CC)n2)cc1.